The van der Waals surface area contributed by atoms with Gasteiger partial charge in [0.2, 0.25) is 5.89 Å². The zero-order valence-corrected chi connectivity index (χ0v) is 5.09. The lowest BCUT2D eigenvalue weighted by Crippen LogP contribution is -1.81. The van der Waals surface area contributed by atoms with Crippen LogP contribution in [0.4, 0.5) is 6.01 Å². The van der Waals surface area contributed by atoms with Crippen molar-refractivity contribution >= 4 is 11.6 Å². The molecule has 0 aliphatic heterocycles. The predicted molar refractivity (Wildman–Crippen MR) is 33.4 cm³/mol. The molecule has 1 aromatic rings. The number of nitrogen functional groups attached to an aromatic ring is 1. The van der Waals surface area contributed by atoms with E-state index in [9.17, 15) is 0 Å². The van der Waals surface area contributed by atoms with Gasteiger partial charge in [0.05, 0.1) is 0 Å². The van der Waals surface area contributed by atoms with Crippen LogP contribution in [0.3, 0.4) is 0 Å². The molecular weight excluding hydrogens is 118 g/mol. The number of allylic oxidation sites excluding steroid dienone is 1. The summed E-state index contributed by atoms with van der Waals surface area (Å²) >= 11 is 0. The van der Waals surface area contributed by atoms with Crippen LogP contribution < -0.4 is 5.73 Å². The van der Waals surface area contributed by atoms with Crippen LogP contribution in [-0.4, -0.2) is 10.2 Å². The number of hydrogen-bond acceptors (Lipinski definition) is 4. The first kappa shape index (κ1) is 5.81. The smallest absolute Gasteiger partial charge is 0.313 e. The van der Waals surface area contributed by atoms with E-state index in [1.54, 1.807) is 6.92 Å². The number of hydrogen-bond donors (Lipinski definition) is 1. The Morgan fingerprint density at radius 3 is 2.56 bits per heavy atom. The van der Waals surface area contributed by atoms with E-state index in [1.165, 1.54) is 0 Å². The molecule has 1 rings (SSSR count). The maximum atomic E-state index is 5.14. The van der Waals surface area contributed by atoms with Crippen molar-refractivity contribution in [2.24, 2.45) is 0 Å². The monoisotopic (exact) mass is 125 g/mol. The van der Waals surface area contributed by atoms with Gasteiger partial charge in [-0.15, -0.1) is 5.10 Å². The Morgan fingerprint density at radius 1 is 1.67 bits per heavy atom. The van der Waals surface area contributed by atoms with Crippen molar-refractivity contribution in [3.8, 4) is 0 Å². The SMILES string of the molecule is C=C(C)c1nnc(N)o1. The van der Waals surface area contributed by atoms with E-state index in [1.807, 2.05) is 0 Å². The molecule has 4 heteroatoms. The van der Waals surface area contributed by atoms with Gasteiger partial charge in [-0.05, 0) is 6.92 Å². The number of nitrogens with two attached hydrogens (primary N) is 1. The molecule has 2 N–H and O–H groups in total. The van der Waals surface area contributed by atoms with Gasteiger partial charge >= 0.3 is 6.01 Å². The molecule has 0 aliphatic carbocycles. The third kappa shape index (κ3) is 1.07. The van der Waals surface area contributed by atoms with Crippen molar-refractivity contribution in [2.45, 2.75) is 6.92 Å². The van der Waals surface area contributed by atoms with E-state index in [-0.39, 0.29) is 6.01 Å². The third-order valence-electron chi connectivity index (χ3n) is 0.806. The van der Waals surface area contributed by atoms with E-state index in [0.717, 1.165) is 5.57 Å². The largest absolute Gasteiger partial charge is 0.404 e. The molecule has 0 bridgehead atoms. The topological polar surface area (TPSA) is 64.9 Å². The highest BCUT2D eigenvalue weighted by atomic mass is 16.4. The van der Waals surface area contributed by atoms with Crippen LogP contribution in [-0.2, 0) is 0 Å². The predicted octanol–water partition coefficient (Wildman–Crippen LogP) is 0.685. The summed E-state index contributed by atoms with van der Waals surface area (Å²) in [6.45, 7) is 5.36. The first-order valence-electron chi connectivity index (χ1n) is 2.45. The van der Waals surface area contributed by atoms with Gasteiger partial charge in [0.1, 0.15) is 0 Å². The summed E-state index contributed by atoms with van der Waals surface area (Å²) in [5.74, 6) is 0.396. The number of nitrogens with zero attached hydrogens (tertiary/aromatic N) is 2. The van der Waals surface area contributed by atoms with E-state index < -0.39 is 0 Å². The Kier molecular flexibility index (Phi) is 1.22. The highest BCUT2D eigenvalue weighted by Crippen LogP contribution is 2.08. The molecule has 0 unspecified atom stereocenters. The maximum absolute atomic E-state index is 5.14. The van der Waals surface area contributed by atoms with Crippen LogP contribution in [0.2, 0.25) is 0 Å². The van der Waals surface area contributed by atoms with Gasteiger partial charge < -0.3 is 10.2 Å². The van der Waals surface area contributed by atoms with Crippen LogP contribution in [0, 0.1) is 0 Å². The molecule has 0 spiro atoms. The Labute approximate surface area is 52.4 Å². The van der Waals surface area contributed by atoms with Gasteiger partial charge in [0.25, 0.3) is 0 Å². The molecule has 0 radical (unpaired) electrons. The lowest BCUT2D eigenvalue weighted by Gasteiger charge is -1.83. The lowest BCUT2D eigenvalue weighted by atomic mass is 10.4. The highest BCUT2D eigenvalue weighted by Gasteiger charge is 2.00. The van der Waals surface area contributed by atoms with Crippen LogP contribution >= 0.6 is 0 Å². The normalized spacial score (nSPS) is 9.44. The van der Waals surface area contributed by atoms with Gasteiger partial charge in [0.15, 0.2) is 0 Å². The first-order valence-corrected chi connectivity index (χ1v) is 2.45. The molecule has 0 aliphatic rings. The highest BCUT2D eigenvalue weighted by molar-refractivity contribution is 5.52. The average molecular weight is 125 g/mol. The second kappa shape index (κ2) is 1.89. The Bertz CT molecular complexity index is 228. The molecule has 0 saturated carbocycles. The number of rotatable bonds is 1. The van der Waals surface area contributed by atoms with Gasteiger partial charge in [-0.1, -0.05) is 11.7 Å². The van der Waals surface area contributed by atoms with E-state index in [4.69, 9.17) is 10.2 Å². The van der Waals surface area contributed by atoms with Crippen LogP contribution in [0.25, 0.3) is 5.57 Å². The van der Waals surface area contributed by atoms with Crippen molar-refractivity contribution in [1.82, 2.24) is 10.2 Å². The third-order valence-corrected chi connectivity index (χ3v) is 0.806. The fourth-order valence-corrected chi connectivity index (χ4v) is 0.407. The molecule has 48 valence electrons. The molecule has 0 fully saturated rings. The van der Waals surface area contributed by atoms with Gasteiger partial charge in [-0.2, -0.15) is 0 Å². The molecular formula is C5H7N3O. The summed E-state index contributed by atoms with van der Waals surface area (Å²) in [6, 6.07) is 0.0769. The van der Waals surface area contributed by atoms with Crippen molar-refractivity contribution in [1.29, 1.82) is 0 Å². The van der Waals surface area contributed by atoms with Gasteiger partial charge in [-0.3, -0.25) is 0 Å². The van der Waals surface area contributed by atoms with E-state index in [2.05, 4.69) is 16.8 Å². The summed E-state index contributed by atoms with van der Waals surface area (Å²) in [4.78, 5) is 0. The fourth-order valence-electron chi connectivity index (χ4n) is 0.407. The van der Waals surface area contributed by atoms with Crippen molar-refractivity contribution in [3.63, 3.8) is 0 Å². The zero-order valence-electron chi connectivity index (χ0n) is 5.09. The van der Waals surface area contributed by atoms with E-state index >= 15 is 0 Å². The van der Waals surface area contributed by atoms with Gasteiger partial charge in [-0.25, -0.2) is 0 Å². The molecule has 1 heterocycles. The standard InChI is InChI=1S/C5H7N3O/c1-3(2)4-7-8-5(6)9-4/h1H2,2H3,(H2,6,8). The number of aromatic nitrogens is 2. The molecule has 0 atom stereocenters. The molecule has 0 aromatic carbocycles. The van der Waals surface area contributed by atoms with E-state index in [0.29, 0.717) is 5.89 Å². The summed E-state index contributed by atoms with van der Waals surface area (Å²) in [6.07, 6.45) is 0. The minimum Gasteiger partial charge on any atom is -0.404 e. The molecule has 4 nitrogen and oxygen atoms in total. The second-order valence-corrected chi connectivity index (χ2v) is 1.73. The first-order chi connectivity index (χ1) is 4.20. The summed E-state index contributed by atoms with van der Waals surface area (Å²) in [7, 11) is 0. The molecule has 0 amide bonds. The van der Waals surface area contributed by atoms with Crippen LogP contribution in [0.1, 0.15) is 12.8 Å². The Hall–Kier alpha value is -1.32. The summed E-state index contributed by atoms with van der Waals surface area (Å²) < 4.78 is 4.80. The minimum atomic E-state index is 0.0769. The Morgan fingerprint density at radius 2 is 2.33 bits per heavy atom. The summed E-state index contributed by atoms with van der Waals surface area (Å²) in [5.41, 5.74) is 5.86. The molecule has 0 saturated heterocycles. The lowest BCUT2D eigenvalue weighted by molar-refractivity contribution is 0.558. The zero-order chi connectivity index (χ0) is 6.85. The maximum Gasteiger partial charge on any atom is 0.313 e. The van der Waals surface area contributed by atoms with Crippen LogP contribution in [0.15, 0.2) is 11.0 Å². The fraction of sp³-hybridized carbons (Fsp3) is 0.200. The Balaban J connectivity index is 2.98. The van der Waals surface area contributed by atoms with Crippen LogP contribution in [0.5, 0.6) is 0 Å². The molecule has 1 aromatic heterocycles. The quantitative estimate of drug-likeness (QED) is 0.599. The number of anilines is 1. The molecule has 9 heavy (non-hydrogen) atoms. The second-order valence-electron chi connectivity index (χ2n) is 1.73. The van der Waals surface area contributed by atoms with Crippen molar-refractivity contribution < 1.29 is 4.42 Å². The summed E-state index contributed by atoms with van der Waals surface area (Å²) in [5, 5.41) is 7.01. The average Bonchev–Trinajstić information content (AvgIpc) is 2.14. The van der Waals surface area contributed by atoms with Crippen molar-refractivity contribution in [2.75, 3.05) is 5.73 Å². The van der Waals surface area contributed by atoms with Gasteiger partial charge in [0, 0.05) is 5.57 Å². The minimum absolute atomic E-state index is 0.0769. The van der Waals surface area contributed by atoms with Crippen molar-refractivity contribution in [3.05, 3.63) is 12.5 Å².